The molecule has 106 valence electrons. The Morgan fingerprint density at radius 1 is 1.26 bits per heavy atom. The SMILES string of the molecule is COc1ccc(CN(C)CCC(C)=O)c(OC)c1C. The second-order valence-electron chi connectivity index (χ2n) is 4.77. The van der Waals surface area contributed by atoms with E-state index in [1.54, 1.807) is 21.1 Å². The molecule has 4 nitrogen and oxygen atoms in total. The quantitative estimate of drug-likeness (QED) is 0.759. The summed E-state index contributed by atoms with van der Waals surface area (Å²) in [5.41, 5.74) is 2.11. The van der Waals surface area contributed by atoms with Crippen LogP contribution in [0.1, 0.15) is 24.5 Å². The number of ether oxygens (including phenoxy) is 2. The van der Waals surface area contributed by atoms with E-state index in [1.807, 2.05) is 26.1 Å². The van der Waals surface area contributed by atoms with Gasteiger partial charge in [-0.25, -0.2) is 0 Å². The van der Waals surface area contributed by atoms with Crippen LogP contribution in [0.2, 0.25) is 0 Å². The van der Waals surface area contributed by atoms with E-state index < -0.39 is 0 Å². The predicted octanol–water partition coefficient (Wildman–Crippen LogP) is 2.42. The van der Waals surface area contributed by atoms with Crippen LogP contribution in [0.25, 0.3) is 0 Å². The molecule has 0 saturated heterocycles. The van der Waals surface area contributed by atoms with E-state index >= 15 is 0 Å². The molecule has 0 saturated carbocycles. The number of carbonyl (C=O) groups is 1. The van der Waals surface area contributed by atoms with E-state index in [4.69, 9.17) is 9.47 Å². The van der Waals surface area contributed by atoms with Gasteiger partial charge in [0.25, 0.3) is 0 Å². The molecule has 0 spiro atoms. The maximum absolute atomic E-state index is 11.0. The van der Waals surface area contributed by atoms with Crippen LogP contribution < -0.4 is 9.47 Å². The Labute approximate surface area is 115 Å². The number of carbonyl (C=O) groups excluding carboxylic acids is 1. The van der Waals surface area contributed by atoms with Gasteiger partial charge in [-0.2, -0.15) is 0 Å². The first-order valence-electron chi connectivity index (χ1n) is 6.38. The van der Waals surface area contributed by atoms with Crippen LogP contribution in [0.3, 0.4) is 0 Å². The number of Topliss-reactive ketones (excluding diaryl/α,β-unsaturated/α-hetero) is 1. The van der Waals surface area contributed by atoms with Crippen LogP contribution in [0.15, 0.2) is 12.1 Å². The molecule has 0 bridgehead atoms. The fourth-order valence-electron chi connectivity index (χ4n) is 2.08. The molecule has 19 heavy (non-hydrogen) atoms. The van der Waals surface area contributed by atoms with Crippen molar-refractivity contribution < 1.29 is 14.3 Å². The Morgan fingerprint density at radius 3 is 2.47 bits per heavy atom. The molecule has 0 amide bonds. The molecule has 0 atom stereocenters. The summed E-state index contributed by atoms with van der Waals surface area (Å²) < 4.78 is 10.8. The monoisotopic (exact) mass is 265 g/mol. The summed E-state index contributed by atoms with van der Waals surface area (Å²) in [5, 5.41) is 0. The number of hydrogen-bond acceptors (Lipinski definition) is 4. The molecule has 0 aliphatic heterocycles. The van der Waals surface area contributed by atoms with Gasteiger partial charge >= 0.3 is 0 Å². The van der Waals surface area contributed by atoms with Crippen molar-refractivity contribution in [3.05, 3.63) is 23.3 Å². The minimum absolute atomic E-state index is 0.213. The summed E-state index contributed by atoms with van der Waals surface area (Å²) in [7, 11) is 5.32. The van der Waals surface area contributed by atoms with Crippen LogP contribution in [-0.2, 0) is 11.3 Å². The molecule has 0 heterocycles. The molecule has 0 aromatic heterocycles. The van der Waals surface area contributed by atoms with E-state index in [-0.39, 0.29) is 5.78 Å². The number of rotatable bonds is 7. The first kappa shape index (κ1) is 15.5. The zero-order valence-electron chi connectivity index (χ0n) is 12.4. The lowest BCUT2D eigenvalue weighted by molar-refractivity contribution is -0.117. The van der Waals surface area contributed by atoms with Crippen LogP contribution in [0.4, 0.5) is 0 Å². The van der Waals surface area contributed by atoms with Gasteiger partial charge in [0, 0.05) is 30.6 Å². The Bertz CT molecular complexity index is 443. The lowest BCUT2D eigenvalue weighted by atomic mass is 10.1. The van der Waals surface area contributed by atoms with E-state index in [0.717, 1.165) is 35.7 Å². The predicted molar refractivity (Wildman–Crippen MR) is 75.9 cm³/mol. The molecule has 0 fully saturated rings. The lowest BCUT2D eigenvalue weighted by Crippen LogP contribution is -2.21. The number of hydrogen-bond donors (Lipinski definition) is 0. The maximum atomic E-state index is 11.0. The van der Waals surface area contributed by atoms with Crippen LogP contribution in [-0.4, -0.2) is 38.5 Å². The van der Waals surface area contributed by atoms with E-state index in [1.165, 1.54) is 0 Å². The van der Waals surface area contributed by atoms with Crippen LogP contribution in [0.5, 0.6) is 11.5 Å². The van der Waals surface area contributed by atoms with Gasteiger partial charge in [-0.05, 0) is 27.0 Å². The van der Waals surface area contributed by atoms with E-state index in [0.29, 0.717) is 6.42 Å². The smallest absolute Gasteiger partial charge is 0.131 e. The van der Waals surface area contributed by atoms with Gasteiger partial charge in [0.1, 0.15) is 17.3 Å². The third kappa shape index (κ3) is 4.24. The summed E-state index contributed by atoms with van der Waals surface area (Å²) in [4.78, 5) is 13.1. The number of benzene rings is 1. The zero-order valence-corrected chi connectivity index (χ0v) is 12.4. The van der Waals surface area contributed by atoms with Crippen molar-refractivity contribution in [2.24, 2.45) is 0 Å². The highest BCUT2D eigenvalue weighted by Gasteiger charge is 2.12. The maximum Gasteiger partial charge on any atom is 0.131 e. The van der Waals surface area contributed by atoms with Crippen molar-refractivity contribution in [1.82, 2.24) is 4.90 Å². The van der Waals surface area contributed by atoms with Crippen LogP contribution >= 0.6 is 0 Å². The molecule has 0 radical (unpaired) electrons. The minimum Gasteiger partial charge on any atom is -0.496 e. The molecular weight excluding hydrogens is 242 g/mol. The highest BCUT2D eigenvalue weighted by Crippen LogP contribution is 2.31. The van der Waals surface area contributed by atoms with Crippen LogP contribution in [0, 0.1) is 6.92 Å². The molecule has 0 N–H and O–H groups in total. The van der Waals surface area contributed by atoms with E-state index in [2.05, 4.69) is 4.90 Å². The van der Waals surface area contributed by atoms with Gasteiger partial charge in [0.15, 0.2) is 0 Å². The first-order valence-corrected chi connectivity index (χ1v) is 6.38. The van der Waals surface area contributed by atoms with Crippen molar-refractivity contribution in [2.75, 3.05) is 27.8 Å². The van der Waals surface area contributed by atoms with Gasteiger partial charge in [-0.1, -0.05) is 6.07 Å². The topological polar surface area (TPSA) is 38.8 Å². The number of ketones is 1. The molecule has 1 rings (SSSR count). The average Bonchev–Trinajstić information content (AvgIpc) is 2.37. The van der Waals surface area contributed by atoms with Crippen molar-refractivity contribution >= 4 is 5.78 Å². The van der Waals surface area contributed by atoms with E-state index in [9.17, 15) is 4.79 Å². The molecule has 0 aliphatic rings. The Morgan fingerprint density at radius 2 is 1.95 bits per heavy atom. The molecule has 0 unspecified atom stereocenters. The van der Waals surface area contributed by atoms with Crippen molar-refractivity contribution in [1.29, 1.82) is 0 Å². The van der Waals surface area contributed by atoms with Crippen molar-refractivity contribution in [3.8, 4) is 11.5 Å². The number of nitrogens with zero attached hydrogens (tertiary/aromatic N) is 1. The standard InChI is InChI=1S/C15H23NO3/c1-11(17)8-9-16(3)10-13-6-7-14(18-4)12(2)15(13)19-5/h6-7H,8-10H2,1-5H3. The molecule has 1 aromatic carbocycles. The summed E-state index contributed by atoms with van der Waals surface area (Å²) in [6, 6.07) is 3.96. The van der Waals surface area contributed by atoms with Crippen molar-refractivity contribution in [2.45, 2.75) is 26.8 Å². The molecule has 0 aliphatic carbocycles. The number of methoxy groups -OCH3 is 2. The summed E-state index contributed by atoms with van der Waals surface area (Å²) in [6.45, 7) is 5.10. The third-order valence-corrected chi connectivity index (χ3v) is 3.15. The highest BCUT2D eigenvalue weighted by molar-refractivity contribution is 5.75. The zero-order chi connectivity index (χ0) is 14.4. The third-order valence-electron chi connectivity index (χ3n) is 3.15. The Kier molecular flexibility index (Phi) is 5.83. The molecule has 4 heteroatoms. The highest BCUT2D eigenvalue weighted by atomic mass is 16.5. The first-order chi connectivity index (χ1) is 8.99. The fourth-order valence-corrected chi connectivity index (χ4v) is 2.08. The largest absolute Gasteiger partial charge is 0.496 e. The summed E-state index contributed by atoms with van der Waals surface area (Å²) in [6.07, 6.45) is 0.577. The Balaban J connectivity index is 2.83. The van der Waals surface area contributed by atoms with Gasteiger partial charge in [-0.3, -0.25) is 4.79 Å². The average molecular weight is 265 g/mol. The van der Waals surface area contributed by atoms with Gasteiger partial charge < -0.3 is 14.4 Å². The second kappa shape index (κ2) is 7.14. The van der Waals surface area contributed by atoms with Crippen molar-refractivity contribution in [3.63, 3.8) is 0 Å². The Hall–Kier alpha value is -1.55. The summed E-state index contributed by atoms with van der Waals surface area (Å²) >= 11 is 0. The minimum atomic E-state index is 0.213. The molecular formula is C15H23NO3. The van der Waals surface area contributed by atoms with Gasteiger partial charge in [-0.15, -0.1) is 0 Å². The fraction of sp³-hybridized carbons (Fsp3) is 0.533. The van der Waals surface area contributed by atoms with Gasteiger partial charge in [0.2, 0.25) is 0 Å². The lowest BCUT2D eigenvalue weighted by Gasteiger charge is -2.20. The van der Waals surface area contributed by atoms with Gasteiger partial charge in [0.05, 0.1) is 14.2 Å². The second-order valence-corrected chi connectivity index (χ2v) is 4.77. The molecule has 1 aromatic rings. The summed E-state index contributed by atoms with van der Waals surface area (Å²) in [5.74, 6) is 1.89. The normalized spacial score (nSPS) is 10.6.